The van der Waals surface area contributed by atoms with Gasteiger partial charge in [0.25, 0.3) is 5.56 Å². The van der Waals surface area contributed by atoms with Gasteiger partial charge >= 0.3 is 0 Å². The third-order valence-electron chi connectivity index (χ3n) is 2.52. The second-order valence-electron chi connectivity index (χ2n) is 3.94. The average Bonchev–Trinajstić information content (AvgIpc) is 2.78. The lowest BCUT2D eigenvalue weighted by Gasteiger charge is -2.34. The first-order valence-electron chi connectivity index (χ1n) is 5.55. The van der Waals surface area contributed by atoms with Crippen LogP contribution in [0.3, 0.4) is 0 Å². The molecule has 1 atom stereocenters. The van der Waals surface area contributed by atoms with Gasteiger partial charge in [-0.1, -0.05) is 0 Å². The van der Waals surface area contributed by atoms with Crippen LogP contribution in [-0.2, 0) is 15.8 Å². The summed E-state index contributed by atoms with van der Waals surface area (Å²) in [5.41, 5.74) is 0.163. The van der Waals surface area contributed by atoms with Gasteiger partial charge in [-0.3, -0.25) is 4.79 Å². The Morgan fingerprint density at radius 3 is 2.95 bits per heavy atom. The van der Waals surface area contributed by atoms with E-state index in [0.29, 0.717) is 5.65 Å². The summed E-state index contributed by atoms with van der Waals surface area (Å²) < 4.78 is 16.9. The van der Waals surface area contributed by atoms with Gasteiger partial charge in [0, 0.05) is 6.54 Å². The molecule has 0 bridgehead atoms. The third-order valence-corrected chi connectivity index (χ3v) is 3.40. The number of aliphatic hydroxyl groups is 1. The molecule has 2 rings (SSSR count). The number of fused-ring (bicyclic) bond motifs is 1. The number of rotatable bonds is 6. The summed E-state index contributed by atoms with van der Waals surface area (Å²) in [5, 5.41) is 8.96. The van der Waals surface area contributed by atoms with E-state index in [0.717, 1.165) is 0 Å². The third kappa shape index (κ3) is 3.30. The first-order valence-corrected chi connectivity index (χ1v) is 7.17. The molecule has 11 heteroatoms. The largest absolute Gasteiger partial charge is 0.809 e. The summed E-state index contributed by atoms with van der Waals surface area (Å²) in [5.74, 6) is -2.07. The molecule has 0 aliphatic carbocycles. The zero-order valence-electron chi connectivity index (χ0n) is 10.1. The van der Waals surface area contributed by atoms with Crippen LogP contribution < -0.4 is 15.3 Å². The van der Waals surface area contributed by atoms with Crippen molar-refractivity contribution in [3.63, 3.8) is 0 Å². The maximum absolute atomic E-state index is 11.4. The number of imidazole rings is 1. The van der Waals surface area contributed by atoms with Crippen LogP contribution in [0.15, 0.2) is 17.4 Å². The zero-order valence-corrected chi connectivity index (χ0v) is 11.0. The topological polar surface area (TPSA) is 156 Å². The molecule has 10 nitrogen and oxygen atoms in total. The highest BCUT2D eigenvalue weighted by molar-refractivity contribution is 7.49. The number of nitrogens with zero attached hydrogens (tertiary/aromatic N) is 3. The first kappa shape index (κ1) is 14.8. The molecule has 2 heterocycles. The van der Waals surface area contributed by atoms with Crippen molar-refractivity contribution in [2.24, 2.45) is 0 Å². The first-order chi connectivity index (χ1) is 9.39. The number of ether oxygens (including phenoxy) is 1. The molecule has 0 aliphatic heterocycles. The van der Waals surface area contributed by atoms with Crippen molar-refractivity contribution < 1.29 is 24.2 Å². The number of aromatic nitrogens is 4. The van der Waals surface area contributed by atoms with Gasteiger partial charge < -0.3 is 33.7 Å². The fourth-order valence-corrected chi connectivity index (χ4v) is 1.79. The van der Waals surface area contributed by atoms with Gasteiger partial charge in [0.05, 0.1) is 25.9 Å². The molecule has 0 spiro atoms. The lowest BCUT2D eigenvalue weighted by atomic mass is 10.5. The summed E-state index contributed by atoms with van der Waals surface area (Å²) in [6, 6.07) is 0. The maximum Gasteiger partial charge on any atom is 0.278 e. The van der Waals surface area contributed by atoms with E-state index in [1.165, 1.54) is 17.2 Å². The number of aromatic amines is 1. The molecule has 0 saturated heterocycles. The lowest BCUT2D eigenvalue weighted by molar-refractivity contribution is -0.323. The zero-order chi connectivity index (χ0) is 14.8. The Labute approximate surface area is 112 Å². The van der Waals surface area contributed by atoms with Gasteiger partial charge in [-0.2, -0.15) is 0 Å². The molecular weight excluding hydrogens is 291 g/mol. The van der Waals surface area contributed by atoms with Gasteiger partial charge in [-0.15, -0.1) is 0 Å². The van der Waals surface area contributed by atoms with Crippen molar-refractivity contribution in [2.75, 3.05) is 13.2 Å². The smallest absolute Gasteiger partial charge is 0.278 e. The van der Waals surface area contributed by atoms with E-state index >= 15 is 0 Å². The van der Waals surface area contributed by atoms with E-state index in [9.17, 15) is 19.1 Å². The number of H-pyrrole nitrogens is 1. The fraction of sp³-hybridized carbons (Fsp3) is 0.444. The van der Waals surface area contributed by atoms with Crippen LogP contribution in [0.4, 0.5) is 0 Å². The van der Waals surface area contributed by atoms with E-state index in [1.54, 1.807) is 0 Å². The van der Waals surface area contributed by atoms with Gasteiger partial charge in [-0.05, 0) is 7.60 Å². The van der Waals surface area contributed by atoms with Crippen molar-refractivity contribution in [3.8, 4) is 0 Å². The lowest BCUT2D eigenvalue weighted by Crippen LogP contribution is -2.29. The van der Waals surface area contributed by atoms with E-state index in [1.807, 2.05) is 0 Å². The Hall–Kier alpha value is -1.58. The Morgan fingerprint density at radius 1 is 1.50 bits per heavy atom. The molecule has 0 saturated carbocycles. The normalized spacial score (nSPS) is 13.8. The molecular formula is C9H11N4O6P-2. The highest BCUT2D eigenvalue weighted by atomic mass is 31.2. The minimum atomic E-state index is -5.05. The van der Waals surface area contributed by atoms with E-state index < -0.39 is 20.0 Å². The minimum absolute atomic E-state index is 0.0248. The van der Waals surface area contributed by atoms with Crippen molar-refractivity contribution in [1.29, 1.82) is 0 Å². The Balaban J connectivity index is 1.93. The van der Waals surface area contributed by atoms with E-state index in [2.05, 4.69) is 15.0 Å². The summed E-state index contributed by atoms with van der Waals surface area (Å²) in [4.78, 5) is 42.5. The van der Waals surface area contributed by atoms with Crippen LogP contribution in [0.5, 0.6) is 0 Å². The predicted octanol–water partition coefficient (Wildman–Crippen LogP) is -2.63. The monoisotopic (exact) mass is 302 g/mol. The summed E-state index contributed by atoms with van der Waals surface area (Å²) >= 11 is 0. The molecule has 20 heavy (non-hydrogen) atoms. The fourth-order valence-electron chi connectivity index (χ4n) is 1.50. The summed E-state index contributed by atoms with van der Waals surface area (Å²) in [6.07, 6.45) is 2.62. The molecule has 0 radical (unpaired) electrons. The van der Waals surface area contributed by atoms with Crippen LogP contribution in [0, 0.1) is 0 Å². The minimum Gasteiger partial charge on any atom is -0.809 e. The van der Waals surface area contributed by atoms with Crippen molar-refractivity contribution in [3.05, 3.63) is 23.0 Å². The number of hydrogen-bond acceptors (Lipinski definition) is 8. The number of aliphatic hydroxyl groups excluding tert-OH is 1. The van der Waals surface area contributed by atoms with Gasteiger partial charge in [-0.25, -0.2) is 9.97 Å². The molecule has 1 unspecified atom stereocenters. The Bertz CT molecular complexity index is 691. The molecule has 2 aromatic rings. The van der Waals surface area contributed by atoms with Gasteiger partial charge in [0.15, 0.2) is 11.2 Å². The predicted molar refractivity (Wildman–Crippen MR) is 62.6 cm³/mol. The molecule has 2 aromatic heterocycles. The average molecular weight is 302 g/mol. The molecule has 0 amide bonds. The standard InChI is InChI=1S/C9H13N4O6P/c14-6(20(16,17)18)3-19-2-1-13-5-12-7-8(13)10-4-11-9(7)15/h4-6,14H,1-3H2,(H,10,11,15)(H2,16,17,18)/p-2. The molecule has 2 N–H and O–H groups in total. The quantitative estimate of drug-likeness (QED) is 0.433. The number of nitrogens with one attached hydrogen (secondary N) is 1. The van der Waals surface area contributed by atoms with Crippen molar-refractivity contribution in [2.45, 2.75) is 12.4 Å². The Kier molecular flexibility index (Phi) is 4.31. The van der Waals surface area contributed by atoms with Gasteiger partial charge in [0.1, 0.15) is 5.85 Å². The summed E-state index contributed by atoms with van der Waals surface area (Å²) in [6.45, 7) is -0.344. The van der Waals surface area contributed by atoms with Crippen LogP contribution in [0.25, 0.3) is 11.2 Å². The molecule has 110 valence electrons. The highest BCUT2D eigenvalue weighted by Crippen LogP contribution is 2.28. The van der Waals surface area contributed by atoms with Crippen LogP contribution in [0.1, 0.15) is 0 Å². The van der Waals surface area contributed by atoms with Crippen molar-refractivity contribution >= 4 is 18.8 Å². The van der Waals surface area contributed by atoms with E-state index in [-0.39, 0.29) is 24.2 Å². The van der Waals surface area contributed by atoms with Crippen LogP contribution >= 0.6 is 7.60 Å². The van der Waals surface area contributed by atoms with Gasteiger partial charge in [0.2, 0.25) is 0 Å². The van der Waals surface area contributed by atoms with Crippen LogP contribution in [0.2, 0.25) is 0 Å². The molecule has 0 aromatic carbocycles. The molecule has 0 fully saturated rings. The maximum atomic E-state index is 11.4. The highest BCUT2D eigenvalue weighted by Gasteiger charge is 2.09. The second kappa shape index (κ2) is 5.81. The number of hydrogen-bond donors (Lipinski definition) is 2. The summed E-state index contributed by atoms with van der Waals surface area (Å²) in [7, 11) is -5.05. The second-order valence-corrected chi connectivity index (χ2v) is 5.61. The molecule has 0 aliphatic rings. The SMILES string of the molecule is O=c1[nH]cnc2c1ncn2CCOCC(O)P(=O)([O-])[O-]. The Morgan fingerprint density at radius 2 is 2.25 bits per heavy atom. The van der Waals surface area contributed by atoms with Crippen molar-refractivity contribution in [1.82, 2.24) is 19.5 Å². The van der Waals surface area contributed by atoms with Crippen LogP contribution in [-0.4, -0.2) is 43.7 Å². The van der Waals surface area contributed by atoms with E-state index in [4.69, 9.17) is 9.84 Å².